The summed E-state index contributed by atoms with van der Waals surface area (Å²) in [5.41, 5.74) is -0.867. The van der Waals surface area contributed by atoms with Crippen molar-refractivity contribution in [1.29, 1.82) is 0 Å². The fourth-order valence-corrected chi connectivity index (χ4v) is 3.15. The summed E-state index contributed by atoms with van der Waals surface area (Å²) < 4.78 is 13.8. The molecule has 2 rings (SSSR count). The molecule has 1 heterocycles. The minimum absolute atomic E-state index is 0.113. The van der Waals surface area contributed by atoms with Crippen LogP contribution in [0.25, 0.3) is 0 Å². The number of carbonyl (C=O) groups is 1. The summed E-state index contributed by atoms with van der Waals surface area (Å²) in [7, 11) is 0. The Kier molecular flexibility index (Phi) is 5.03. The molecule has 5 nitrogen and oxygen atoms in total. The average Bonchev–Trinajstić information content (AvgIpc) is 2.49. The molecule has 1 aromatic rings. The van der Waals surface area contributed by atoms with E-state index in [1.54, 1.807) is 0 Å². The van der Waals surface area contributed by atoms with Crippen molar-refractivity contribution in [2.45, 2.75) is 32.3 Å². The Morgan fingerprint density at radius 1 is 1.50 bits per heavy atom. The lowest BCUT2D eigenvalue weighted by Crippen LogP contribution is -2.55. The summed E-state index contributed by atoms with van der Waals surface area (Å²) in [6.45, 7) is 2.23. The van der Waals surface area contributed by atoms with Crippen molar-refractivity contribution in [3.63, 3.8) is 0 Å². The lowest BCUT2D eigenvalue weighted by Gasteiger charge is -2.45. The standard InChI is InChI=1S/C16H22FNO4/c1-2-6-16(10-19)9-18(7-5-14(16)21)15(22)12-4-3-11(20)8-13(12)17/h3-4,8,14,19-21H,2,5-7,9-10H2,1H3/t14-,16+/m1/s1. The molecule has 0 saturated carbocycles. The number of aliphatic hydroxyl groups excluding tert-OH is 2. The smallest absolute Gasteiger partial charge is 0.256 e. The van der Waals surface area contributed by atoms with Gasteiger partial charge in [-0.25, -0.2) is 4.39 Å². The van der Waals surface area contributed by atoms with E-state index in [0.717, 1.165) is 12.5 Å². The fourth-order valence-electron chi connectivity index (χ4n) is 3.15. The molecule has 0 bridgehead atoms. The minimum Gasteiger partial charge on any atom is -0.508 e. The molecule has 1 saturated heterocycles. The molecule has 22 heavy (non-hydrogen) atoms. The summed E-state index contributed by atoms with van der Waals surface area (Å²) in [6.07, 6.45) is 1.04. The van der Waals surface area contributed by atoms with Crippen LogP contribution in [0.4, 0.5) is 4.39 Å². The normalized spacial score (nSPS) is 25.3. The second-order valence-corrected chi connectivity index (χ2v) is 5.97. The number of aromatic hydroxyl groups is 1. The zero-order valence-electron chi connectivity index (χ0n) is 12.6. The summed E-state index contributed by atoms with van der Waals surface area (Å²) in [5.74, 6) is -1.50. The highest BCUT2D eigenvalue weighted by Gasteiger charge is 2.43. The molecule has 6 heteroatoms. The first-order valence-electron chi connectivity index (χ1n) is 7.50. The number of likely N-dealkylation sites (tertiary alicyclic amines) is 1. The van der Waals surface area contributed by atoms with E-state index < -0.39 is 23.2 Å². The first-order chi connectivity index (χ1) is 10.4. The van der Waals surface area contributed by atoms with Gasteiger partial charge in [-0.05, 0) is 25.0 Å². The van der Waals surface area contributed by atoms with E-state index in [9.17, 15) is 24.5 Å². The third-order valence-corrected chi connectivity index (χ3v) is 4.42. The predicted octanol–water partition coefficient (Wildman–Crippen LogP) is 1.52. The lowest BCUT2D eigenvalue weighted by atomic mass is 9.74. The SMILES string of the molecule is CCC[C@@]1(CO)CN(C(=O)c2ccc(O)cc2F)CC[C@H]1O. The van der Waals surface area contributed by atoms with Crippen LogP contribution in [0.5, 0.6) is 5.75 Å². The van der Waals surface area contributed by atoms with Crippen molar-refractivity contribution in [3.05, 3.63) is 29.6 Å². The van der Waals surface area contributed by atoms with Crippen molar-refractivity contribution in [2.24, 2.45) is 5.41 Å². The fraction of sp³-hybridized carbons (Fsp3) is 0.562. The van der Waals surface area contributed by atoms with Crippen LogP contribution in [0.1, 0.15) is 36.5 Å². The Balaban J connectivity index is 2.23. The van der Waals surface area contributed by atoms with Crippen molar-refractivity contribution < 1.29 is 24.5 Å². The van der Waals surface area contributed by atoms with Gasteiger partial charge in [0.05, 0.1) is 18.3 Å². The Hall–Kier alpha value is -1.66. The molecule has 2 atom stereocenters. The predicted molar refractivity (Wildman–Crippen MR) is 79.0 cm³/mol. The highest BCUT2D eigenvalue weighted by atomic mass is 19.1. The van der Waals surface area contributed by atoms with E-state index in [2.05, 4.69) is 0 Å². The molecule has 0 aromatic heterocycles. The van der Waals surface area contributed by atoms with Crippen LogP contribution in [0.15, 0.2) is 18.2 Å². The molecule has 0 unspecified atom stereocenters. The number of piperidine rings is 1. The van der Waals surface area contributed by atoms with Crippen LogP contribution in [0, 0.1) is 11.2 Å². The zero-order chi connectivity index (χ0) is 16.3. The summed E-state index contributed by atoms with van der Waals surface area (Å²) >= 11 is 0. The van der Waals surface area contributed by atoms with Crippen LogP contribution in [0.3, 0.4) is 0 Å². The maximum atomic E-state index is 13.8. The minimum atomic E-state index is -0.777. The number of hydrogen-bond acceptors (Lipinski definition) is 4. The third kappa shape index (κ3) is 3.08. The van der Waals surface area contributed by atoms with Gasteiger partial charge in [-0.1, -0.05) is 13.3 Å². The lowest BCUT2D eigenvalue weighted by molar-refractivity contribution is -0.0720. The molecule has 0 spiro atoms. The highest BCUT2D eigenvalue weighted by Crippen LogP contribution is 2.35. The van der Waals surface area contributed by atoms with Gasteiger partial charge in [0.1, 0.15) is 11.6 Å². The van der Waals surface area contributed by atoms with E-state index in [1.807, 2.05) is 6.92 Å². The third-order valence-electron chi connectivity index (χ3n) is 4.42. The van der Waals surface area contributed by atoms with Crippen molar-refractivity contribution >= 4 is 5.91 Å². The topological polar surface area (TPSA) is 81.0 Å². The van der Waals surface area contributed by atoms with Crippen molar-refractivity contribution in [1.82, 2.24) is 4.90 Å². The monoisotopic (exact) mass is 311 g/mol. The Morgan fingerprint density at radius 2 is 2.23 bits per heavy atom. The number of benzene rings is 1. The molecular weight excluding hydrogens is 289 g/mol. The number of halogens is 1. The molecule has 1 amide bonds. The van der Waals surface area contributed by atoms with E-state index in [1.165, 1.54) is 17.0 Å². The number of rotatable bonds is 4. The number of phenolic OH excluding ortho intramolecular Hbond substituents is 1. The molecular formula is C16H22FNO4. The second-order valence-electron chi connectivity index (χ2n) is 5.97. The highest BCUT2D eigenvalue weighted by molar-refractivity contribution is 5.94. The van der Waals surface area contributed by atoms with Crippen LogP contribution in [-0.2, 0) is 0 Å². The van der Waals surface area contributed by atoms with Crippen LogP contribution in [-0.4, -0.2) is 51.9 Å². The maximum Gasteiger partial charge on any atom is 0.256 e. The van der Waals surface area contributed by atoms with Crippen LogP contribution in [0.2, 0.25) is 0 Å². The molecule has 0 radical (unpaired) electrons. The zero-order valence-corrected chi connectivity index (χ0v) is 12.6. The van der Waals surface area contributed by atoms with Gasteiger partial charge in [-0.15, -0.1) is 0 Å². The van der Waals surface area contributed by atoms with Crippen molar-refractivity contribution in [2.75, 3.05) is 19.7 Å². The molecule has 3 N–H and O–H groups in total. The Bertz CT molecular complexity index is 551. The van der Waals surface area contributed by atoms with Crippen LogP contribution < -0.4 is 0 Å². The summed E-state index contributed by atoms with van der Waals surface area (Å²) in [4.78, 5) is 14.0. The number of carbonyl (C=O) groups excluding carboxylic acids is 1. The number of aliphatic hydroxyl groups is 2. The van der Waals surface area contributed by atoms with Gasteiger partial charge in [0.25, 0.3) is 5.91 Å². The first kappa shape index (κ1) is 16.7. The summed E-state index contributed by atoms with van der Waals surface area (Å²) in [5, 5.41) is 29.1. The molecule has 1 aromatic carbocycles. The number of hydrogen-bond donors (Lipinski definition) is 3. The first-order valence-corrected chi connectivity index (χ1v) is 7.50. The van der Waals surface area contributed by atoms with E-state index in [0.29, 0.717) is 19.4 Å². The molecule has 0 aliphatic carbocycles. The van der Waals surface area contributed by atoms with Gasteiger partial charge in [0.2, 0.25) is 0 Å². The molecule has 1 aliphatic heterocycles. The van der Waals surface area contributed by atoms with E-state index in [4.69, 9.17) is 0 Å². The van der Waals surface area contributed by atoms with Gasteiger partial charge >= 0.3 is 0 Å². The van der Waals surface area contributed by atoms with Gasteiger partial charge < -0.3 is 20.2 Å². The summed E-state index contributed by atoms with van der Waals surface area (Å²) in [6, 6.07) is 3.41. The largest absolute Gasteiger partial charge is 0.508 e. The van der Waals surface area contributed by atoms with Gasteiger partial charge in [-0.2, -0.15) is 0 Å². The van der Waals surface area contributed by atoms with Crippen LogP contribution >= 0.6 is 0 Å². The number of phenols is 1. The number of nitrogens with zero attached hydrogens (tertiary/aromatic N) is 1. The van der Waals surface area contributed by atoms with Gasteiger partial charge in [0, 0.05) is 24.6 Å². The van der Waals surface area contributed by atoms with E-state index >= 15 is 0 Å². The Labute approximate surface area is 129 Å². The number of amides is 1. The molecule has 1 aliphatic rings. The maximum absolute atomic E-state index is 13.8. The van der Waals surface area contributed by atoms with E-state index in [-0.39, 0.29) is 24.5 Å². The van der Waals surface area contributed by atoms with Gasteiger partial charge in [-0.3, -0.25) is 4.79 Å². The van der Waals surface area contributed by atoms with Crippen molar-refractivity contribution in [3.8, 4) is 5.75 Å². The second kappa shape index (κ2) is 6.62. The Morgan fingerprint density at radius 3 is 2.82 bits per heavy atom. The molecule has 1 fully saturated rings. The quantitative estimate of drug-likeness (QED) is 0.787. The average molecular weight is 311 g/mol. The molecule has 122 valence electrons. The van der Waals surface area contributed by atoms with Gasteiger partial charge in [0.15, 0.2) is 0 Å².